The first-order chi connectivity index (χ1) is 11.4. The lowest BCUT2D eigenvalue weighted by Gasteiger charge is -2.22. The van der Waals surface area contributed by atoms with Crippen molar-refractivity contribution in [3.63, 3.8) is 0 Å². The molecule has 4 nitrogen and oxygen atoms in total. The van der Waals surface area contributed by atoms with Gasteiger partial charge < -0.3 is 10.2 Å². The maximum atomic E-state index is 12.8. The first-order valence-corrected chi connectivity index (χ1v) is 7.91. The Labute approximate surface area is 149 Å². The average molecular weight is 369 g/mol. The molecule has 2 aromatic rings. The lowest BCUT2D eigenvalue weighted by atomic mass is 10.2. The molecule has 126 valence electrons. The lowest BCUT2D eigenvalue weighted by Crippen LogP contribution is -2.32. The summed E-state index contributed by atoms with van der Waals surface area (Å²) < 4.78 is 12.8. The fourth-order valence-electron chi connectivity index (χ4n) is 2.12. The van der Waals surface area contributed by atoms with Crippen molar-refractivity contribution in [1.82, 2.24) is 0 Å². The maximum Gasteiger partial charge on any atom is 0.226 e. The summed E-state index contributed by atoms with van der Waals surface area (Å²) >= 11 is 12.1. The number of benzene rings is 2. The van der Waals surface area contributed by atoms with Gasteiger partial charge in [0.05, 0.1) is 15.7 Å². The van der Waals surface area contributed by atoms with Crippen LogP contribution < -0.4 is 10.2 Å². The second kappa shape index (κ2) is 8.13. The van der Waals surface area contributed by atoms with E-state index in [-0.39, 0.29) is 35.6 Å². The molecule has 0 bridgehead atoms. The van der Waals surface area contributed by atoms with Gasteiger partial charge in [-0.15, -0.1) is 0 Å². The molecule has 0 fully saturated rings. The number of anilines is 2. The SMILES string of the molecule is CC(=O)N(CCC(=O)Nc1ccc(F)cc1)c1cccc(Cl)c1Cl. The quantitative estimate of drug-likeness (QED) is 0.843. The summed E-state index contributed by atoms with van der Waals surface area (Å²) in [5, 5.41) is 3.23. The van der Waals surface area contributed by atoms with E-state index < -0.39 is 0 Å². The van der Waals surface area contributed by atoms with Gasteiger partial charge in [0, 0.05) is 25.6 Å². The first-order valence-electron chi connectivity index (χ1n) is 7.16. The minimum absolute atomic E-state index is 0.0554. The van der Waals surface area contributed by atoms with Crippen LogP contribution in [-0.2, 0) is 9.59 Å². The van der Waals surface area contributed by atoms with Gasteiger partial charge in [0.2, 0.25) is 11.8 Å². The zero-order valence-corrected chi connectivity index (χ0v) is 14.4. The van der Waals surface area contributed by atoms with E-state index >= 15 is 0 Å². The highest BCUT2D eigenvalue weighted by atomic mass is 35.5. The molecule has 24 heavy (non-hydrogen) atoms. The molecule has 0 unspecified atom stereocenters. The van der Waals surface area contributed by atoms with Crippen LogP contribution in [0.2, 0.25) is 10.0 Å². The highest BCUT2D eigenvalue weighted by Crippen LogP contribution is 2.32. The van der Waals surface area contributed by atoms with Crippen LogP contribution in [0.4, 0.5) is 15.8 Å². The second-order valence-electron chi connectivity index (χ2n) is 5.05. The van der Waals surface area contributed by atoms with Crippen LogP contribution in [0, 0.1) is 5.82 Å². The summed E-state index contributed by atoms with van der Waals surface area (Å²) in [5.74, 6) is -0.939. The summed E-state index contributed by atoms with van der Waals surface area (Å²) in [6, 6.07) is 10.4. The van der Waals surface area contributed by atoms with Crippen molar-refractivity contribution in [2.75, 3.05) is 16.8 Å². The molecule has 1 N–H and O–H groups in total. The van der Waals surface area contributed by atoms with Crippen LogP contribution in [0.25, 0.3) is 0 Å². The summed E-state index contributed by atoms with van der Waals surface area (Å²) in [7, 11) is 0. The summed E-state index contributed by atoms with van der Waals surface area (Å²) in [5.41, 5.74) is 0.933. The van der Waals surface area contributed by atoms with Crippen molar-refractivity contribution in [3.05, 3.63) is 58.3 Å². The number of nitrogens with zero attached hydrogens (tertiary/aromatic N) is 1. The summed E-state index contributed by atoms with van der Waals surface area (Å²) in [6.07, 6.45) is 0.0554. The number of nitrogens with one attached hydrogen (secondary N) is 1. The minimum atomic E-state index is -0.383. The van der Waals surface area contributed by atoms with E-state index in [9.17, 15) is 14.0 Å². The van der Waals surface area contributed by atoms with Crippen molar-refractivity contribution in [3.8, 4) is 0 Å². The molecule has 2 rings (SSSR count). The van der Waals surface area contributed by atoms with E-state index in [4.69, 9.17) is 23.2 Å². The predicted octanol–water partition coefficient (Wildman–Crippen LogP) is 4.51. The molecule has 0 saturated heterocycles. The summed E-state index contributed by atoms with van der Waals surface area (Å²) in [6.45, 7) is 1.53. The van der Waals surface area contributed by atoms with Gasteiger partial charge in [-0.3, -0.25) is 9.59 Å². The van der Waals surface area contributed by atoms with Gasteiger partial charge >= 0.3 is 0 Å². The Morgan fingerprint density at radius 2 is 1.79 bits per heavy atom. The maximum absolute atomic E-state index is 12.8. The molecule has 0 spiro atoms. The van der Waals surface area contributed by atoms with Crippen LogP contribution in [-0.4, -0.2) is 18.4 Å². The molecule has 0 aliphatic rings. The zero-order valence-electron chi connectivity index (χ0n) is 12.9. The van der Waals surface area contributed by atoms with Crippen molar-refractivity contribution in [2.45, 2.75) is 13.3 Å². The van der Waals surface area contributed by atoms with Gasteiger partial charge in [-0.25, -0.2) is 4.39 Å². The Balaban J connectivity index is 2.03. The largest absolute Gasteiger partial charge is 0.326 e. The molecule has 2 aromatic carbocycles. The van der Waals surface area contributed by atoms with E-state index in [1.807, 2.05) is 0 Å². The highest BCUT2D eigenvalue weighted by Gasteiger charge is 2.17. The Hall–Kier alpha value is -2.11. The van der Waals surface area contributed by atoms with Crippen LogP contribution in [0.3, 0.4) is 0 Å². The number of rotatable bonds is 5. The third-order valence-electron chi connectivity index (χ3n) is 3.29. The minimum Gasteiger partial charge on any atom is -0.326 e. The van der Waals surface area contributed by atoms with Gasteiger partial charge in [-0.1, -0.05) is 29.3 Å². The fourth-order valence-corrected chi connectivity index (χ4v) is 2.52. The van der Waals surface area contributed by atoms with Crippen molar-refractivity contribution in [2.24, 2.45) is 0 Å². The molecule has 0 aromatic heterocycles. The summed E-state index contributed by atoms with van der Waals surface area (Å²) in [4.78, 5) is 25.3. The molecular formula is C17H15Cl2FN2O2. The van der Waals surface area contributed by atoms with E-state index in [0.717, 1.165) is 0 Å². The van der Waals surface area contributed by atoms with Crippen molar-refractivity contribution < 1.29 is 14.0 Å². The Bertz CT molecular complexity index is 751. The molecule has 0 aliphatic carbocycles. The third-order valence-corrected chi connectivity index (χ3v) is 4.10. The topological polar surface area (TPSA) is 49.4 Å². The fraction of sp³-hybridized carbons (Fsp3) is 0.176. The zero-order chi connectivity index (χ0) is 17.7. The monoisotopic (exact) mass is 368 g/mol. The number of halogens is 3. The molecule has 0 atom stereocenters. The van der Waals surface area contributed by atoms with Gasteiger partial charge in [-0.2, -0.15) is 0 Å². The molecule has 0 aliphatic heterocycles. The van der Waals surface area contributed by atoms with Crippen LogP contribution in [0.1, 0.15) is 13.3 Å². The number of hydrogen-bond donors (Lipinski definition) is 1. The van der Waals surface area contributed by atoms with Crippen LogP contribution >= 0.6 is 23.2 Å². The Kier molecular flexibility index (Phi) is 6.17. The normalized spacial score (nSPS) is 10.3. The van der Waals surface area contributed by atoms with Gasteiger partial charge in [0.25, 0.3) is 0 Å². The lowest BCUT2D eigenvalue weighted by molar-refractivity contribution is -0.117. The van der Waals surface area contributed by atoms with Crippen LogP contribution in [0.5, 0.6) is 0 Å². The van der Waals surface area contributed by atoms with Gasteiger partial charge in [0.1, 0.15) is 5.82 Å². The smallest absolute Gasteiger partial charge is 0.226 e. The molecule has 0 radical (unpaired) electrons. The average Bonchev–Trinajstić information content (AvgIpc) is 2.53. The van der Waals surface area contributed by atoms with Crippen LogP contribution in [0.15, 0.2) is 42.5 Å². The Morgan fingerprint density at radius 3 is 2.42 bits per heavy atom. The number of carbonyl (C=O) groups excluding carboxylic acids is 2. The Morgan fingerprint density at radius 1 is 1.12 bits per heavy atom. The third kappa shape index (κ3) is 4.69. The van der Waals surface area contributed by atoms with Crippen molar-refractivity contribution >= 4 is 46.4 Å². The number of carbonyl (C=O) groups is 2. The number of hydrogen-bond acceptors (Lipinski definition) is 2. The van der Waals surface area contributed by atoms with E-state index in [1.165, 1.54) is 36.1 Å². The molecule has 7 heteroatoms. The highest BCUT2D eigenvalue weighted by molar-refractivity contribution is 6.44. The first kappa shape index (κ1) is 18.2. The van der Waals surface area contributed by atoms with Gasteiger partial charge in [0.15, 0.2) is 0 Å². The molecular weight excluding hydrogens is 354 g/mol. The van der Waals surface area contributed by atoms with E-state index in [1.54, 1.807) is 18.2 Å². The predicted molar refractivity (Wildman–Crippen MR) is 94.1 cm³/mol. The molecule has 2 amide bonds. The molecule has 0 saturated carbocycles. The van der Waals surface area contributed by atoms with Crippen molar-refractivity contribution in [1.29, 1.82) is 0 Å². The second-order valence-corrected chi connectivity index (χ2v) is 5.83. The van der Waals surface area contributed by atoms with Gasteiger partial charge in [-0.05, 0) is 36.4 Å². The number of amides is 2. The van der Waals surface area contributed by atoms with E-state index in [0.29, 0.717) is 16.4 Å². The van der Waals surface area contributed by atoms with E-state index in [2.05, 4.69) is 5.32 Å². The molecule has 0 heterocycles. The standard InChI is InChI=1S/C17H15Cl2FN2O2/c1-11(23)22(15-4-2-3-14(18)17(15)19)10-9-16(24)21-13-7-5-12(20)6-8-13/h2-8H,9-10H2,1H3,(H,21,24).